The summed E-state index contributed by atoms with van der Waals surface area (Å²) in [6.45, 7) is 0.982. The van der Waals surface area contributed by atoms with E-state index in [1.165, 1.54) is 11.3 Å². The molecule has 0 saturated carbocycles. The molecule has 0 aliphatic carbocycles. The number of fused-ring (bicyclic) bond motifs is 1. The predicted octanol–water partition coefficient (Wildman–Crippen LogP) is 4.18. The summed E-state index contributed by atoms with van der Waals surface area (Å²) in [4.78, 5) is 22.1. The van der Waals surface area contributed by atoms with Gasteiger partial charge in [0.1, 0.15) is 12.3 Å². The Morgan fingerprint density at radius 2 is 2.06 bits per heavy atom. The van der Waals surface area contributed by atoms with Crippen molar-refractivity contribution in [2.75, 3.05) is 32.6 Å². The molecule has 1 aromatic heterocycles. The van der Waals surface area contributed by atoms with Crippen molar-refractivity contribution >= 4 is 29.3 Å². The normalized spacial score (nSPS) is 15.0. The third-order valence-electron chi connectivity index (χ3n) is 6.07. The van der Waals surface area contributed by atoms with Crippen LogP contribution in [0.25, 0.3) is 11.1 Å². The number of carbonyl (C=O) groups excluding carboxylic acids is 1. The van der Waals surface area contributed by atoms with Crippen molar-refractivity contribution in [1.29, 1.82) is 5.26 Å². The number of nitrogens with zero attached hydrogens (tertiary/aromatic N) is 4. The molecular formula is C26H27N5OS. The zero-order chi connectivity index (χ0) is 23.5. The molecule has 2 atom stereocenters. The highest BCUT2D eigenvalue weighted by atomic mass is 32.1. The lowest BCUT2D eigenvalue weighted by Gasteiger charge is -2.22. The summed E-state index contributed by atoms with van der Waals surface area (Å²) in [6.07, 6.45) is 1.95. The molecule has 1 aliphatic rings. The van der Waals surface area contributed by atoms with Gasteiger partial charge < -0.3 is 20.3 Å². The maximum atomic E-state index is 12.4. The first-order chi connectivity index (χ1) is 15.9. The van der Waals surface area contributed by atoms with E-state index in [9.17, 15) is 10.1 Å². The quantitative estimate of drug-likeness (QED) is 0.341. The van der Waals surface area contributed by atoms with E-state index in [-0.39, 0.29) is 0 Å². The second kappa shape index (κ2) is 9.47. The third kappa shape index (κ3) is 4.62. The summed E-state index contributed by atoms with van der Waals surface area (Å²) in [6, 6.07) is 17.6. The van der Waals surface area contributed by atoms with Gasteiger partial charge in [0.15, 0.2) is 5.96 Å². The number of aldehydes is 1. The number of guanidine groups is 1. The molecule has 4 rings (SSSR count). The number of thiophene rings is 1. The highest BCUT2D eigenvalue weighted by Gasteiger charge is 2.28. The predicted molar refractivity (Wildman–Crippen MR) is 135 cm³/mol. The van der Waals surface area contributed by atoms with Crippen molar-refractivity contribution < 1.29 is 4.79 Å². The summed E-state index contributed by atoms with van der Waals surface area (Å²) in [7, 11) is 5.76. The first kappa shape index (κ1) is 22.6. The molecule has 7 heteroatoms. The van der Waals surface area contributed by atoms with Gasteiger partial charge >= 0.3 is 0 Å². The smallest absolute Gasteiger partial charge is 0.191 e. The van der Waals surface area contributed by atoms with Crippen molar-refractivity contribution in [3.8, 4) is 17.2 Å². The van der Waals surface area contributed by atoms with Gasteiger partial charge in [0, 0.05) is 38.3 Å². The van der Waals surface area contributed by atoms with Crippen LogP contribution in [0.1, 0.15) is 33.5 Å². The average molecular weight is 458 g/mol. The van der Waals surface area contributed by atoms with Crippen LogP contribution in [0.4, 0.5) is 5.69 Å². The summed E-state index contributed by atoms with van der Waals surface area (Å²) < 4.78 is 0. The summed E-state index contributed by atoms with van der Waals surface area (Å²) in [5, 5.41) is 11.3. The molecule has 168 valence electrons. The zero-order valence-corrected chi connectivity index (χ0v) is 19.8. The molecule has 0 saturated heterocycles. The molecule has 2 unspecified atom stereocenters. The van der Waals surface area contributed by atoms with Gasteiger partial charge in [0.25, 0.3) is 0 Å². The minimum absolute atomic E-state index is 0.370. The van der Waals surface area contributed by atoms with Crippen LogP contribution in [0.5, 0.6) is 0 Å². The van der Waals surface area contributed by atoms with Crippen molar-refractivity contribution in [1.82, 2.24) is 4.90 Å². The van der Waals surface area contributed by atoms with Crippen molar-refractivity contribution in [2.24, 2.45) is 10.7 Å². The van der Waals surface area contributed by atoms with Crippen LogP contribution in [0.3, 0.4) is 0 Å². The Morgan fingerprint density at radius 1 is 1.24 bits per heavy atom. The van der Waals surface area contributed by atoms with Gasteiger partial charge in [-0.15, -0.1) is 11.3 Å². The fourth-order valence-electron chi connectivity index (χ4n) is 4.14. The van der Waals surface area contributed by atoms with Crippen LogP contribution in [0, 0.1) is 11.3 Å². The number of carbonyl (C=O) groups is 1. The lowest BCUT2D eigenvalue weighted by molar-refractivity contribution is -0.109. The maximum Gasteiger partial charge on any atom is 0.191 e. The highest BCUT2D eigenvalue weighted by Crippen LogP contribution is 2.40. The minimum Gasteiger partial charge on any atom is -0.374 e. The topological polar surface area (TPSA) is 85.7 Å². The fourth-order valence-corrected chi connectivity index (χ4v) is 5.14. The molecule has 2 aromatic carbocycles. The summed E-state index contributed by atoms with van der Waals surface area (Å²) >= 11 is 1.55. The molecule has 0 amide bonds. The van der Waals surface area contributed by atoms with Crippen LogP contribution in [-0.4, -0.2) is 44.8 Å². The number of aliphatic imine (C=N–C) groups is 1. The van der Waals surface area contributed by atoms with Crippen LogP contribution in [0.15, 0.2) is 58.9 Å². The molecule has 2 heterocycles. The molecule has 3 aromatic rings. The lowest BCUT2D eigenvalue weighted by Crippen LogP contribution is -2.31. The molecular weight excluding hydrogens is 430 g/mol. The van der Waals surface area contributed by atoms with Gasteiger partial charge in [-0.1, -0.05) is 24.3 Å². The largest absolute Gasteiger partial charge is 0.374 e. The van der Waals surface area contributed by atoms with Crippen molar-refractivity contribution in [2.45, 2.75) is 18.4 Å². The van der Waals surface area contributed by atoms with Crippen molar-refractivity contribution in [3.05, 3.63) is 75.5 Å². The number of benzene rings is 2. The number of nitrogens with two attached hydrogens (primary N) is 1. The SMILES string of the molecule is CN(C)C(N)=NC(c1cc(-c2cccc(C#N)c2)cs1)C(C=O)c1ccc2c(c1)CCN2C. The molecule has 0 radical (unpaired) electrons. The Kier molecular flexibility index (Phi) is 6.47. The Hall–Kier alpha value is -3.63. The van der Waals surface area contributed by atoms with E-state index in [0.29, 0.717) is 11.5 Å². The van der Waals surface area contributed by atoms with Gasteiger partial charge in [-0.05, 0) is 58.3 Å². The maximum absolute atomic E-state index is 12.4. The number of rotatable bonds is 6. The molecule has 2 N–H and O–H groups in total. The second-order valence-electron chi connectivity index (χ2n) is 8.48. The zero-order valence-electron chi connectivity index (χ0n) is 19.0. The van der Waals surface area contributed by atoms with Gasteiger partial charge in [-0.3, -0.25) is 0 Å². The van der Waals surface area contributed by atoms with E-state index in [1.54, 1.807) is 22.3 Å². The highest BCUT2D eigenvalue weighted by molar-refractivity contribution is 7.10. The first-order valence-electron chi connectivity index (χ1n) is 10.8. The molecule has 0 spiro atoms. The summed E-state index contributed by atoms with van der Waals surface area (Å²) in [5.41, 5.74) is 12.2. The van der Waals surface area contributed by atoms with E-state index in [1.807, 2.05) is 43.7 Å². The van der Waals surface area contributed by atoms with Crippen molar-refractivity contribution in [3.63, 3.8) is 0 Å². The van der Waals surface area contributed by atoms with E-state index in [4.69, 9.17) is 10.7 Å². The molecule has 0 fully saturated rings. The second-order valence-corrected chi connectivity index (χ2v) is 9.42. The fraction of sp³-hybridized carbons (Fsp3) is 0.269. The van der Waals surface area contributed by atoms with E-state index in [0.717, 1.165) is 40.8 Å². The number of nitriles is 1. The Balaban J connectivity index is 1.76. The number of likely N-dealkylation sites (N-methyl/N-ethyl adjacent to an activating group) is 1. The molecule has 1 aliphatic heterocycles. The molecule has 0 bridgehead atoms. The van der Waals surface area contributed by atoms with Crippen LogP contribution < -0.4 is 10.6 Å². The Morgan fingerprint density at radius 3 is 2.79 bits per heavy atom. The number of anilines is 1. The van der Waals surface area contributed by atoms with Gasteiger partial charge in [0.2, 0.25) is 0 Å². The minimum atomic E-state index is -0.461. The first-order valence-corrected chi connectivity index (χ1v) is 11.7. The Labute approximate surface area is 198 Å². The van der Waals surface area contributed by atoms with Gasteiger partial charge in [-0.25, -0.2) is 4.99 Å². The van der Waals surface area contributed by atoms with E-state index >= 15 is 0 Å². The summed E-state index contributed by atoms with van der Waals surface area (Å²) in [5.74, 6) is -0.0918. The van der Waals surface area contributed by atoms with E-state index < -0.39 is 12.0 Å². The van der Waals surface area contributed by atoms with Crippen LogP contribution >= 0.6 is 11.3 Å². The molecule has 6 nitrogen and oxygen atoms in total. The Bertz CT molecular complexity index is 1240. The number of hydrogen-bond acceptors (Lipinski definition) is 5. The van der Waals surface area contributed by atoms with Gasteiger partial charge in [-0.2, -0.15) is 5.26 Å². The van der Waals surface area contributed by atoms with Crippen LogP contribution in [0.2, 0.25) is 0 Å². The van der Waals surface area contributed by atoms with Gasteiger partial charge in [0.05, 0.1) is 17.6 Å². The van der Waals surface area contributed by atoms with E-state index in [2.05, 4.69) is 36.2 Å². The lowest BCUT2D eigenvalue weighted by atomic mass is 9.90. The monoisotopic (exact) mass is 457 g/mol. The standard InChI is InChI=1S/C26H27N5OS/c1-30(2)26(28)29-25(22(15-32)19-7-8-23-20(12-19)9-10-31(23)3)24-13-21(16-33-24)18-6-4-5-17(11-18)14-27/h4-8,11-13,15-16,22,25H,9-10H2,1-3H3,(H2,28,29). The average Bonchev–Trinajstić information content (AvgIpc) is 3.46. The molecule has 33 heavy (non-hydrogen) atoms. The number of hydrogen-bond donors (Lipinski definition) is 1. The third-order valence-corrected chi connectivity index (χ3v) is 7.07. The van der Waals surface area contributed by atoms with Crippen LogP contribution in [-0.2, 0) is 11.2 Å².